The Kier molecular flexibility index (Phi) is 4.01. The zero-order valence-electron chi connectivity index (χ0n) is 14.6. The summed E-state index contributed by atoms with van der Waals surface area (Å²) in [4.78, 5) is 16.8. The molecular formula is C20H18N4O2. The Morgan fingerprint density at radius 1 is 1.19 bits per heavy atom. The summed E-state index contributed by atoms with van der Waals surface area (Å²) < 4.78 is 7.62. The Hall–Kier alpha value is -3.41. The van der Waals surface area contributed by atoms with Crippen molar-refractivity contribution >= 4 is 33.6 Å². The van der Waals surface area contributed by atoms with Crippen LogP contribution < -0.4 is 5.43 Å². The lowest BCUT2D eigenvalue weighted by atomic mass is 10.2. The molecule has 0 aliphatic carbocycles. The summed E-state index contributed by atoms with van der Waals surface area (Å²) >= 11 is 0. The van der Waals surface area contributed by atoms with Crippen LogP contribution in [0.3, 0.4) is 0 Å². The Balaban J connectivity index is 1.50. The van der Waals surface area contributed by atoms with Crippen LogP contribution in [0.1, 0.15) is 18.5 Å². The van der Waals surface area contributed by atoms with Gasteiger partial charge in [-0.3, -0.25) is 4.79 Å². The van der Waals surface area contributed by atoms with Gasteiger partial charge in [0.05, 0.1) is 11.0 Å². The van der Waals surface area contributed by atoms with Crippen molar-refractivity contribution < 1.29 is 9.21 Å². The van der Waals surface area contributed by atoms with Crippen LogP contribution in [-0.4, -0.2) is 21.2 Å². The molecule has 26 heavy (non-hydrogen) atoms. The smallest absolute Gasteiger partial charge is 0.260 e. The molecule has 1 amide bonds. The quantitative estimate of drug-likeness (QED) is 0.453. The maximum Gasteiger partial charge on any atom is 0.260 e. The number of rotatable bonds is 4. The summed E-state index contributed by atoms with van der Waals surface area (Å²) in [7, 11) is 0. The van der Waals surface area contributed by atoms with Gasteiger partial charge in [0, 0.05) is 5.39 Å². The molecule has 0 spiro atoms. The SMILES string of the molecule is C/C(=N\NC(=O)Cn1c(C)nc2ccccc21)c1cc2ccccc2o1. The van der Waals surface area contributed by atoms with E-state index in [0.717, 1.165) is 27.8 Å². The fraction of sp³-hybridized carbons (Fsp3) is 0.150. The average Bonchev–Trinajstić information content (AvgIpc) is 3.21. The van der Waals surface area contributed by atoms with Crippen LogP contribution in [0.4, 0.5) is 0 Å². The number of para-hydroxylation sites is 3. The number of aromatic nitrogens is 2. The van der Waals surface area contributed by atoms with E-state index in [-0.39, 0.29) is 12.5 Å². The van der Waals surface area contributed by atoms with Gasteiger partial charge in [0.15, 0.2) is 5.76 Å². The molecule has 1 N–H and O–H groups in total. The number of aryl methyl sites for hydroxylation is 1. The normalized spacial score (nSPS) is 12.0. The first-order chi connectivity index (χ1) is 12.6. The number of furan rings is 1. The van der Waals surface area contributed by atoms with Crippen molar-refractivity contribution in [3.05, 3.63) is 66.2 Å². The van der Waals surface area contributed by atoms with E-state index in [0.29, 0.717) is 11.5 Å². The number of carbonyl (C=O) groups excluding carboxylic acids is 1. The predicted molar refractivity (Wildman–Crippen MR) is 101 cm³/mol. The van der Waals surface area contributed by atoms with Crippen LogP contribution in [0.2, 0.25) is 0 Å². The van der Waals surface area contributed by atoms with Gasteiger partial charge in [-0.1, -0.05) is 30.3 Å². The van der Waals surface area contributed by atoms with E-state index in [4.69, 9.17) is 4.42 Å². The second-order valence-electron chi connectivity index (χ2n) is 6.11. The van der Waals surface area contributed by atoms with Gasteiger partial charge in [0.25, 0.3) is 5.91 Å². The predicted octanol–water partition coefficient (Wildman–Crippen LogP) is 3.63. The van der Waals surface area contributed by atoms with Gasteiger partial charge >= 0.3 is 0 Å². The first kappa shape index (κ1) is 16.1. The van der Waals surface area contributed by atoms with Crippen LogP contribution in [-0.2, 0) is 11.3 Å². The molecule has 2 aromatic heterocycles. The molecule has 0 unspecified atom stereocenters. The van der Waals surface area contributed by atoms with E-state index in [1.807, 2.05) is 66.1 Å². The summed E-state index contributed by atoms with van der Waals surface area (Å²) in [6.07, 6.45) is 0. The number of benzene rings is 2. The number of nitrogens with one attached hydrogen (secondary N) is 1. The third-order valence-electron chi connectivity index (χ3n) is 4.28. The summed E-state index contributed by atoms with van der Waals surface area (Å²) in [5, 5.41) is 5.17. The highest BCUT2D eigenvalue weighted by Crippen LogP contribution is 2.19. The average molecular weight is 346 g/mol. The third-order valence-corrected chi connectivity index (χ3v) is 4.28. The first-order valence-corrected chi connectivity index (χ1v) is 8.36. The molecule has 6 nitrogen and oxygen atoms in total. The van der Waals surface area contributed by atoms with Gasteiger partial charge in [-0.15, -0.1) is 0 Å². The molecule has 0 aliphatic rings. The Morgan fingerprint density at radius 3 is 2.81 bits per heavy atom. The highest BCUT2D eigenvalue weighted by molar-refractivity contribution is 6.00. The number of hydrogen-bond acceptors (Lipinski definition) is 4. The van der Waals surface area contributed by atoms with Crippen molar-refractivity contribution in [3.63, 3.8) is 0 Å². The highest BCUT2D eigenvalue weighted by Gasteiger charge is 2.11. The van der Waals surface area contributed by atoms with Crippen LogP contribution >= 0.6 is 0 Å². The van der Waals surface area contributed by atoms with Gasteiger partial charge in [-0.25, -0.2) is 10.4 Å². The van der Waals surface area contributed by atoms with Gasteiger partial charge in [0.2, 0.25) is 0 Å². The summed E-state index contributed by atoms with van der Waals surface area (Å²) in [6, 6.07) is 17.4. The zero-order valence-corrected chi connectivity index (χ0v) is 14.6. The Bertz CT molecular complexity index is 1100. The fourth-order valence-electron chi connectivity index (χ4n) is 2.94. The zero-order chi connectivity index (χ0) is 18.1. The van der Waals surface area contributed by atoms with Crippen molar-refractivity contribution in [2.24, 2.45) is 5.10 Å². The molecule has 130 valence electrons. The molecule has 2 aromatic carbocycles. The number of nitrogens with zero attached hydrogens (tertiary/aromatic N) is 3. The lowest BCUT2D eigenvalue weighted by Gasteiger charge is -2.06. The standard InChI is InChI=1S/C20H18N4O2/c1-13(19-11-15-7-3-6-10-18(15)26-19)22-23-20(25)12-24-14(2)21-16-8-4-5-9-17(16)24/h3-11H,12H2,1-2H3,(H,23,25)/b22-13+. The number of carbonyl (C=O) groups is 1. The van der Waals surface area contributed by atoms with Crippen LogP contribution in [0.5, 0.6) is 0 Å². The van der Waals surface area contributed by atoms with E-state index < -0.39 is 0 Å². The minimum atomic E-state index is -0.216. The second-order valence-corrected chi connectivity index (χ2v) is 6.11. The van der Waals surface area contributed by atoms with Crippen molar-refractivity contribution in [1.82, 2.24) is 15.0 Å². The minimum Gasteiger partial charge on any atom is -0.455 e. The van der Waals surface area contributed by atoms with E-state index in [2.05, 4.69) is 15.5 Å². The minimum absolute atomic E-state index is 0.156. The molecule has 6 heteroatoms. The molecule has 0 saturated carbocycles. The fourth-order valence-corrected chi connectivity index (χ4v) is 2.94. The summed E-state index contributed by atoms with van der Waals surface area (Å²) in [5.41, 5.74) is 5.81. The maximum atomic E-state index is 12.3. The number of fused-ring (bicyclic) bond motifs is 2. The van der Waals surface area contributed by atoms with Crippen molar-refractivity contribution in [1.29, 1.82) is 0 Å². The summed E-state index contributed by atoms with van der Waals surface area (Å²) in [6.45, 7) is 3.84. The van der Waals surface area contributed by atoms with Crippen molar-refractivity contribution in [3.8, 4) is 0 Å². The molecule has 0 saturated heterocycles. The molecular weight excluding hydrogens is 328 g/mol. The Labute approximate surface area is 150 Å². The summed E-state index contributed by atoms with van der Waals surface area (Å²) in [5.74, 6) is 1.21. The van der Waals surface area contributed by atoms with E-state index in [9.17, 15) is 4.79 Å². The molecule has 0 radical (unpaired) electrons. The highest BCUT2D eigenvalue weighted by atomic mass is 16.3. The topological polar surface area (TPSA) is 72.4 Å². The molecule has 0 atom stereocenters. The number of amides is 1. The number of hydrogen-bond donors (Lipinski definition) is 1. The van der Waals surface area contributed by atoms with Gasteiger partial charge in [0.1, 0.15) is 23.7 Å². The number of hydrazone groups is 1. The third kappa shape index (κ3) is 2.97. The molecule has 0 bridgehead atoms. The van der Waals surface area contributed by atoms with E-state index >= 15 is 0 Å². The first-order valence-electron chi connectivity index (χ1n) is 8.36. The number of imidazole rings is 1. The molecule has 0 aliphatic heterocycles. The van der Waals surface area contributed by atoms with Crippen molar-refractivity contribution in [2.75, 3.05) is 0 Å². The molecule has 4 aromatic rings. The van der Waals surface area contributed by atoms with Gasteiger partial charge < -0.3 is 8.98 Å². The van der Waals surface area contributed by atoms with E-state index in [1.165, 1.54) is 0 Å². The van der Waals surface area contributed by atoms with Crippen LogP contribution in [0.25, 0.3) is 22.0 Å². The molecule has 2 heterocycles. The monoisotopic (exact) mass is 346 g/mol. The second kappa shape index (κ2) is 6.48. The van der Waals surface area contributed by atoms with Gasteiger partial charge in [-0.2, -0.15) is 5.10 Å². The molecule has 4 rings (SSSR count). The maximum absolute atomic E-state index is 12.3. The largest absolute Gasteiger partial charge is 0.455 e. The lowest BCUT2D eigenvalue weighted by molar-refractivity contribution is -0.121. The van der Waals surface area contributed by atoms with Crippen LogP contribution in [0, 0.1) is 6.92 Å². The van der Waals surface area contributed by atoms with Crippen LogP contribution in [0.15, 0.2) is 64.1 Å². The molecule has 0 fully saturated rings. The van der Waals surface area contributed by atoms with Gasteiger partial charge in [-0.05, 0) is 38.1 Å². The Morgan fingerprint density at radius 2 is 1.96 bits per heavy atom. The van der Waals surface area contributed by atoms with E-state index in [1.54, 1.807) is 6.92 Å². The van der Waals surface area contributed by atoms with Crippen molar-refractivity contribution in [2.45, 2.75) is 20.4 Å². The lowest BCUT2D eigenvalue weighted by Crippen LogP contribution is -2.24.